The molecule has 0 aliphatic heterocycles. The van der Waals surface area contributed by atoms with Crippen LogP contribution in [-0.2, 0) is 20.8 Å². The van der Waals surface area contributed by atoms with E-state index in [1.54, 1.807) is 55.4 Å². The Balaban J connectivity index is 1.86. The van der Waals surface area contributed by atoms with E-state index in [2.05, 4.69) is 0 Å². The fraction of sp³-hybridized carbons (Fsp3) is 0.344. The van der Waals surface area contributed by atoms with E-state index in [0.29, 0.717) is 22.4 Å². The lowest BCUT2D eigenvalue weighted by Crippen LogP contribution is -2.80. The largest absolute Gasteiger partial charge is 0.509 e. The summed E-state index contributed by atoms with van der Waals surface area (Å²) in [5, 5.41) is 45.5. The highest BCUT2D eigenvalue weighted by molar-refractivity contribution is 6.25. The van der Waals surface area contributed by atoms with Gasteiger partial charge < -0.3 is 37.4 Å². The molecule has 3 aliphatic rings. The lowest BCUT2D eigenvalue weighted by molar-refractivity contribution is -0.139. The van der Waals surface area contributed by atoms with E-state index in [0.717, 1.165) is 0 Å². The van der Waals surface area contributed by atoms with Crippen LogP contribution in [0.1, 0.15) is 34.8 Å². The zero-order valence-electron chi connectivity index (χ0n) is 25.4. The molecule has 4 atom stereocenters. The molecule has 0 unspecified atom stereocenters. The first-order chi connectivity index (χ1) is 20.9. The first kappa shape index (κ1) is 31.4. The molecular formula is C32H34N6O7. The van der Waals surface area contributed by atoms with Crippen molar-refractivity contribution >= 4 is 34.7 Å². The van der Waals surface area contributed by atoms with Crippen LogP contribution in [0.2, 0.25) is 0 Å². The number of anilines is 1. The van der Waals surface area contributed by atoms with Gasteiger partial charge in [0.2, 0.25) is 0 Å². The van der Waals surface area contributed by atoms with Gasteiger partial charge in [0.1, 0.15) is 22.8 Å². The number of carbonyl (C=O) groups is 4. The summed E-state index contributed by atoms with van der Waals surface area (Å²) < 4.78 is 0. The molecular weight excluding hydrogens is 580 g/mol. The summed E-state index contributed by atoms with van der Waals surface area (Å²) in [7, 11) is 6.39. The van der Waals surface area contributed by atoms with E-state index in [1.807, 2.05) is 0 Å². The third-order valence-electron chi connectivity index (χ3n) is 9.31. The lowest BCUT2D eigenvalue weighted by Gasteiger charge is -2.58. The van der Waals surface area contributed by atoms with Crippen molar-refractivity contribution in [1.29, 1.82) is 5.26 Å². The minimum Gasteiger partial charge on any atom is -0.509 e. The zero-order chi connectivity index (χ0) is 33.5. The van der Waals surface area contributed by atoms with Crippen molar-refractivity contribution in [3.63, 3.8) is 0 Å². The van der Waals surface area contributed by atoms with Crippen LogP contribution in [0.3, 0.4) is 0 Å². The van der Waals surface area contributed by atoms with Gasteiger partial charge in [0.15, 0.2) is 22.8 Å². The lowest BCUT2D eigenvalue weighted by atomic mass is 9.47. The maximum atomic E-state index is 14.6. The van der Waals surface area contributed by atoms with Crippen LogP contribution in [0, 0.1) is 16.7 Å². The SMILES string of the molecule is CC(=O)c1ccc(-c2cc(N(C)C)c3c(c2O)C(O)=C2C(=O)[C@]4(C#N)C(O)=C(C(N)=O)C(=O)[C@@H](N(C)C)[C@]4(N)C[C@]2(N)C3)cc1. The number of nitrogens with zero attached hydrogens (tertiary/aromatic N) is 3. The number of likely N-dealkylation sites (N-methyl/N-ethyl adjacent to an activating group) is 1. The average Bonchev–Trinajstić information content (AvgIpc) is 2.92. The van der Waals surface area contributed by atoms with E-state index in [4.69, 9.17) is 17.2 Å². The Morgan fingerprint density at radius 2 is 1.64 bits per heavy atom. The molecule has 0 aromatic heterocycles. The second kappa shape index (κ2) is 10.00. The summed E-state index contributed by atoms with van der Waals surface area (Å²) >= 11 is 0. The summed E-state index contributed by atoms with van der Waals surface area (Å²) in [6, 6.07) is 8.41. The number of amides is 1. The molecule has 0 radical (unpaired) electrons. The Bertz CT molecular complexity index is 1840. The number of phenolic OH excluding ortho intramolecular Hbond substituents is 1. The number of hydrogen-bond acceptors (Lipinski definition) is 12. The third kappa shape index (κ3) is 3.96. The Morgan fingerprint density at radius 1 is 1.04 bits per heavy atom. The minimum absolute atomic E-state index is 0.122. The number of aliphatic hydroxyl groups is 2. The topological polar surface area (TPSA) is 237 Å². The van der Waals surface area contributed by atoms with Crippen LogP contribution in [0.25, 0.3) is 16.9 Å². The van der Waals surface area contributed by atoms with Gasteiger partial charge in [-0.25, -0.2) is 0 Å². The number of rotatable bonds is 5. The summed E-state index contributed by atoms with van der Waals surface area (Å²) in [6.45, 7) is 1.42. The number of aromatic hydroxyl groups is 1. The van der Waals surface area contributed by atoms with Crippen LogP contribution in [-0.4, -0.2) is 88.8 Å². The molecule has 0 spiro atoms. The van der Waals surface area contributed by atoms with E-state index in [9.17, 15) is 39.8 Å². The number of phenols is 1. The average molecular weight is 615 g/mol. The van der Waals surface area contributed by atoms with E-state index in [-0.39, 0.29) is 23.3 Å². The van der Waals surface area contributed by atoms with E-state index < -0.39 is 74.8 Å². The van der Waals surface area contributed by atoms with Crippen molar-refractivity contribution in [1.82, 2.24) is 4.90 Å². The van der Waals surface area contributed by atoms with Crippen molar-refractivity contribution in [3.8, 4) is 22.9 Å². The summed E-state index contributed by atoms with van der Waals surface area (Å²) in [4.78, 5) is 55.5. The van der Waals surface area contributed by atoms with Gasteiger partial charge in [0.25, 0.3) is 5.91 Å². The van der Waals surface area contributed by atoms with Crippen molar-refractivity contribution in [2.75, 3.05) is 33.1 Å². The Labute approximate surface area is 258 Å². The molecule has 13 nitrogen and oxygen atoms in total. The molecule has 3 aliphatic carbocycles. The predicted octanol–water partition coefficient (Wildman–Crippen LogP) is 0.841. The molecule has 13 heteroatoms. The quantitative estimate of drug-likeness (QED) is 0.203. The van der Waals surface area contributed by atoms with Gasteiger partial charge in [0, 0.05) is 30.9 Å². The van der Waals surface area contributed by atoms with Gasteiger partial charge in [-0.15, -0.1) is 0 Å². The predicted molar refractivity (Wildman–Crippen MR) is 164 cm³/mol. The number of nitriles is 1. The number of Topliss-reactive ketones (excluding diaryl/α,β-unsaturated/α-hetero) is 3. The molecule has 9 N–H and O–H groups in total. The van der Waals surface area contributed by atoms with Gasteiger partial charge in [0.05, 0.1) is 34.3 Å². The van der Waals surface area contributed by atoms with Crippen molar-refractivity contribution < 1.29 is 34.5 Å². The first-order valence-electron chi connectivity index (χ1n) is 14.0. The van der Waals surface area contributed by atoms with Crippen LogP contribution < -0.4 is 22.1 Å². The second-order valence-corrected chi connectivity index (χ2v) is 12.5. The van der Waals surface area contributed by atoms with E-state index in [1.165, 1.54) is 25.9 Å². The number of benzene rings is 2. The Morgan fingerprint density at radius 3 is 2.13 bits per heavy atom. The standard InChI is InChI=1S/C32H34N6O7/c1-14(39)15-6-8-16(9-7-15)17-10-19(37(2)3)18-11-30(35)12-32(36)26(38(4)5)25(42)21(29(34)45)27(43)31(32,13-33)28(44)22(30)24(41)20(18)23(17)40/h6-10,26,40-41,43H,11-12,35-36H2,1-5H3,(H2,34,45)/t26-,30-,31+,32-/m1/s1. The Kier molecular flexibility index (Phi) is 6.97. The molecule has 0 bridgehead atoms. The summed E-state index contributed by atoms with van der Waals surface area (Å²) in [5.41, 5.74) is 13.1. The normalized spacial score (nSPS) is 27.5. The third-order valence-corrected chi connectivity index (χ3v) is 9.31. The van der Waals surface area contributed by atoms with Crippen LogP contribution in [0.5, 0.6) is 5.75 Å². The van der Waals surface area contributed by atoms with Gasteiger partial charge in [-0.05, 0) is 51.1 Å². The molecule has 1 fully saturated rings. The fourth-order valence-electron chi connectivity index (χ4n) is 7.38. The van der Waals surface area contributed by atoms with Crippen molar-refractivity contribution in [3.05, 3.63) is 63.9 Å². The number of aliphatic hydroxyl groups excluding tert-OH is 2. The number of fused-ring (bicyclic) bond motifs is 3. The molecule has 2 aromatic rings. The maximum Gasteiger partial charge on any atom is 0.255 e. The number of hydrogen-bond donors (Lipinski definition) is 6. The summed E-state index contributed by atoms with van der Waals surface area (Å²) in [5.74, 6) is -6.06. The first-order valence-corrected chi connectivity index (χ1v) is 14.0. The molecule has 0 saturated heterocycles. The number of nitrogens with two attached hydrogens (primary N) is 3. The van der Waals surface area contributed by atoms with Gasteiger partial charge >= 0.3 is 0 Å². The smallest absolute Gasteiger partial charge is 0.255 e. The number of primary amides is 1. The van der Waals surface area contributed by atoms with Crippen LogP contribution in [0.15, 0.2) is 47.2 Å². The van der Waals surface area contributed by atoms with Crippen LogP contribution >= 0.6 is 0 Å². The molecule has 5 rings (SSSR count). The van der Waals surface area contributed by atoms with Crippen molar-refractivity contribution in [2.45, 2.75) is 36.9 Å². The van der Waals surface area contributed by atoms with Gasteiger partial charge in [-0.2, -0.15) is 5.26 Å². The Hall–Kier alpha value is -5.03. The number of ketones is 3. The summed E-state index contributed by atoms with van der Waals surface area (Å²) in [6.07, 6.45) is -0.634. The highest BCUT2D eigenvalue weighted by Crippen LogP contribution is 2.59. The second-order valence-electron chi connectivity index (χ2n) is 12.5. The number of carbonyl (C=O) groups excluding carboxylic acids is 4. The fourth-order valence-corrected chi connectivity index (χ4v) is 7.38. The maximum absolute atomic E-state index is 14.6. The molecule has 1 saturated carbocycles. The van der Waals surface area contributed by atoms with E-state index >= 15 is 0 Å². The van der Waals surface area contributed by atoms with Crippen LogP contribution in [0.4, 0.5) is 5.69 Å². The molecule has 1 amide bonds. The van der Waals surface area contributed by atoms with Gasteiger partial charge in [-0.1, -0.05) is 24.3 Å². The zero-order valence-corrected chi connectivity index (χ0v) is 25.4. The molecule has 45 heavy (non-hydrogen) atoms. The van der Waals surface area contributed by atoms with Gasteiger partial charge in [-0.3, -0.25) is 24.1 Å². The minimum atomic E-state index is -2.75. The monoisotopic (exact) mass is 614 g/mol. The highest BCUT2D eigenvalue weighted by atomic mass is 16.3. The molecule has 234 valence electrons. The molecule has 2 aromatic carbocycles. The molecule has 0 heterocycles. The van der Waals surface area contributed by atoms with Crippen molar-refractivity contribution in [2.24, 2.45) is 22.6 Å². The highest BCUT2D eigenvalue weighted by Gasteiger charge is 2.74.